The second-order valence-corrected chi connectivity index (χ2v) is 5.76. The van der Waals surface area contributed by atoms with Crippen LogP contribution in [-0.2, 0) is 6.54 Å². The van der Waals surface area contributed by atoms with Gasteiger partial charge in [-0.3, -0.25) is 9.59 Å². The van der Waals surface area contributed by atoms with Crippen molar-refractivity contribution in [2.75, 3.05) is 11.9 Å². The molecule has 8 heteroatoms. The first-order chi connectivity index (χ1) is 12.0. The highest BCUT2D eigenvalue weighted by molar-refractivity contribution is 6.30. The molecule has 3 aromatic rings. The normalized spacial score (nSPS) is 10.6. The average molecular weight is 359 g/mol. The van der Waals surface area contributed by atoms with E-state index in [0.29, 0.717) is 21.7 Å². The van der Waals surface area contributed by atoms with E-state index in [1.54, 1.807) is 48.5 Å². The zero-order valence-corrected chi connectivity index (χ0v) is 13.8. The molecule has 0 saturated heterocycles. The topological polar surface area (TPSA) is 96.0 Å². The van der Waals surface area contributed by atoms with Crippen LogP contribution in [0.2, 0.25) is 5.02 Å². The molecule has 0 radical (unpaired) electrons. The molecule has 7 nitrogen and oxygen atoms in total. The van der Waals surface area contributed by atoms with Gasteiger partial charge >= 0.3 is 17.1 Å². The average Bonchev–Trinajstić information content (AvgIpc) is 2.58. The lowest BCUT2D eigenvalue weighted by Gasteiger charge is -2.11. The van der Waals surface area contributed by atoms with E-state index in [0.717, 1.165) is 0 Å². The van der Waals surface area contributed by atoms with Crippen LogP contribution in [0.25, 0.3) is 11.0 Å². The number of carbonyl (C=O) groups is 1. The number of para-hydroxylation sites is 2. The van der Waals surface area contributed by atoms with Gasteiger partial charge in [0.05, 0.1) is 11.0 Å². The summed E-state index contributed by atoms with van der Waals surface area (Å²) in [7, 11) is 0. The fourth-order valence-electron chi connectivity index (χ4n) is 2.47. The van der Waals surface area contributed by atoms with Crippen molar-refractivity contribution < 1.29 is 4.79 Å². The minimum Gasteiger partial charge on any atom is -0.336 e. The largest absolute Gasteiger partial charge is 0.336 e. The molecule has 2 aromatic carbocycles. The molecule has 2 amide bonds. The van der Waals surface area contributed by atoms with E-state index in [1.807, 2.05) is 0 Å². The summed E-state index contributed by atoms with van der Waals surface area (Å²) in [5.74, 6) is 0. The number of anilines is 1. The van der Waals surface area contributed by atoms with Crippen LogP contribution >= 0.6 is 11.6 Å². The molecule has 128 valence electrons. The lowest BCUT2D eigenvalue weighted by Crippen LogP contribution is -2.39. The maximum atomic E-state index is 12.1. The molecular weight excluding hydrogens is 344 g/mol. The number of aromatic nitrogens is 2. The summed E-state index contributed by atoms with van der Waals surface area (Å²) >= 11 is 5.86. The number of carbonyl (C=O) groups excluding carboxylic acids is 1. The number of nitrogens with one attached hydrogen (secondary N) is 3. The van der Waals surface area contributed by atoms with Gasteiger partial charge in [0.2, 0.25) is 0 Å². The Bertz CT molecular complexity index is 1040. The third-order valence-electron chi connectivity index (χ3n) is 3.59. The zero-order chi connectivity index (χ0) is 17.8. The van der Waals surface area contributed by atoms with Crippen molar-refractivity contribution in [3.63, 3.8) is 0 Å². The number of amides is 2. The summed E-state index contributed by atoms with van der Waals surface area (Å²) in [4.78, 5) is 38.2. The summed E-state index contributed by atoms with van der Waals surface area (Å²) in [6, 6.07) is 13.3. The summed E-state index contributed by atoms with van der Waals surface area (Å²) in [6.45, 7) is 0.353. The van der Waals surface area contributed by atoms with Gasteiger partial charge in [-0.2, -0.15) is 0 Å². The molecule has 0 saturated carbocycles. The molecular formula is C17H15ClN4O3. The summed E-state index contributed by atoms with van der Waals surface area (Å²) < 4.78 is 1.34. The second-order valence-electron chi connectivity index (χ2n) is 5.32. The van der Waals surface area contributed by atoms with Gasteiger partial charge in [0.25, 0.3) is 0 Å². The van der Waals surface area contributed by atoms with Crippen molar-refractivity contribution in [2.24, 2.45) is 0 Å². The molecule has 25 heavy (non-hydrogen) atoms. The van der Waals surface area contributed by atoms with Gasteiger partial charge in [0.15, 0.2) is 0 Å². The number of H-pyrrole nitrogens is 1. The van der Waals surface area contributed by atoms with E-state index in [4.69, 9.17) is 11.6 Å². The number of hydrogen-bond acceptors (Lipinski definition) is 3. The second kappa shape index (κ2) is 7.23. The molecule has 0 spiro atoms. The van der Waals surface area contributed by atoms with Crippen LogP contribution in [0, 0.1) is 0 Å². The fourth-order valence-corrected chi connectivity index (χ4v) is 2.66. The minimum absolute atomic E-state index is 0.173. The van der Waals surface area contributed by atoms with Gasteiger partial charge in [-0.05, 0) is 30.3 Å². The molecule has 1 heterocycles. The number of aromatic amines is 1. The molecule has 0 aliphatic heterocycles. The van der Waals surface area contributed by atoms with Crippen LogP contribution in [-0.4, -0.2) is 22.1 Å². The molecule has 3 N–H and O–H groups in total. The summed E-state index contributed by atoms with van der Waals surface area (Å²) in [5, 5.41) is 5.80. The van der Waals surface area contributed by atoms with E-state index in [1.165, 1.54) is 4.57 Å². The van der Waals surface area contributed by atoms with Crippen molar-refractivity contribution in [3.05, 3.63) is 74.3 Å². The van der Waals surface area contributed by atoms with Crippen LogP contribution in [0.5, 0.6) is 0 Å². The molecule has 0 unspecified atom stereocenters. The van der Waals surface area contributed by atoms with Gasteiger partial charge in [0, 0.05) is 23.8 Å². The van der Waals surface area contributed by atoms with Gasteiger partial charge in [0.1, 0.15) is 0 Å². The number of fused-ring (bicyclic) bond motifs is 1. The molecule has 0 fully saturated rings. The van der Waals surface area contributed by atoms with Crippen LogP contribution in [0.4, 0.5) is 10.5 Å². The quantitative estimate of drug-likeness (QED) is 0.623. The fraction of sp³-hybridized carbons (Fsp3) is 0.118. The lowest BCUT2D eigenvalue weighted by atomic mass is 10.3. The van der Waals surface area contributed by atoms with E-state index < -0.39 is 17.1 Å². The third kappa shape index (κ3) is 3.89. The van der Waals surface area contributed by atoms with E-state index >= 15 is 0 Å². The highest BCUT2D eigenvalue weighted by atomic mass is 35.5. The Kier molecular flexibility index (Phi) is 4.85. The maximum Gasteiger partial charge on any atom is 0.319 e. The third-order valence-corrected chi connectivity index (χ3v) is 3.82. The summed E-state index contributed by atoms with van der Waals surface area (Å²) in [6.07, 6.45) is 0. The first-order valence-electron chi connectivity index (χ1n) is 7.57. The van der Waals surface area contributed by atoms with E-state index in [-0.39, 0.29) is 13.1 Å². The molecule has 1 aromatic heterocycles. The Morgan fingerprint density at radius 1 is 1.12 bits per heavy atom. The monoisotopic (exact) mass is 358 g/mol. The Hall–Kier alpha value is -3.06. The Labute approximate surface area is 147 Å². The van der Waals surface area contributed by atoms with Gasteiger partial charge in [-0.25, -0.2) is 4.79 Å². The minimum atomic E-state index is -0.693. The van der Waals surface area contributed by atoms with E-state index in [2.05, 4.69) is 15.6 Å². The molecule has 0 aliphatic rings. The van der Waals surface area contributed by atoms with Crippen LogP contribution in [0.1, 0.15) is 0 Å². The van der Waals surface area contributed by atoms with Crippen LogP contribution < -0.4 is 21.8 Å². The maximum absolute atomic E-state index is 12.1. The van der Waals surface area contributed by atoms with Crippen LogP contribution in [0.15, 0.2) is 58.1 Å². The van der Waals surface area contributed by atoms with Gasteiger partial charge in [-0.15, -0.1) is 0 Å². The number of urea groups is 1. The number of nitrogens with zero attached hydrogens (tertiary/aromatic N) is 1. The number of rotatable bonds is 4. The van der Waals surface area contributed by atoms with Crippen molar-refractivity contribution in [1.82, 2.24) is 14.9 Å². The van der Waals surface area contributed by atoms with Gasteiger partial charge in [-0.1, -0.05) is 29.8 Å². The van der Waals surface area contributed by atoms with Crippen molar-refractivity contribution in [3.8, 4) is 0 Å². The van der Waals surface area contributed by atoms with Crippen molar-refractivity contribution in [1.29, 1.82) is 0 Å². The Morgan fingerprint density at radius 2 is 1.92 bits per heavy atom. The lowest BCUT2D eigenvalue weighted by molar-refractivity contribution is 0.251. The molecule has 0 atom stereocenters. The SMILES string of the molecule is O=C(NCCn1c(=O)c(=O)[nH]c2ccccc21)Nc1cccc(Cl)c1. The van der Waals surface area contributed by atoms with Crippen molar-refractivity contribution >= 4 is 34.4 Å². The number of halogens is 1. The first-order valence-corrected chi connectivity index (χ1v) is 7.95. The predicted octanol–water partition coefficient (Wildman–Crippen LogP) is 2.16. The molecule has 3 rings (SSSR count). The summed E-state index contributed by atoms with van der Waals surface area (Å²) in [5.41, 5.74) is 0.376. The molecule has 0 aliphatic carbocycles. The van der Waals surface area contributed by atoms with Gasteiger partial charge < -0.3 is 20.2 Å². The number of hydrogen-bond donors (Lipinski definition) is 3. The van der Waals surface area contributed by atoms with E-state index in [9.17, 15) is 14.4 Å². The van der Waals surface area contributed by atoms with Crippen LogP contribution in [0.3, 0.4) is 0 Å². The smallest absolute Gasteiger partial charge is 0.319 e. The first kappa shape index (κ1) is 16.8. The van der Waals surface area contributed by atoms with Crippen molar-refractivity contribution in [2.45, 2.75) is 6.54 Å². The molecule has 0 bridgehead atoms. The standard InChI is InChI=1S/C17H15ClN4O3/c18-11-4-3-5-12(10-11)20-17(25)19-8-9-22-14-7-2-1-6-13(14)21-15(23)16(22)24/h1-7,10H,8-9H2,(H,21,23)(H2,19,20,25). The highest BCUT2D eigenvalue weighted by Gasteiger charge is 2.08. The Morgan fingerprint density at radius 3 is 2.72 bits per heavy atom. The zero-order valence-electron chi connectivity index (χ0n) is 13.1. The highest BCUT2D eigenvalue weighted by Crippen LogP contribution is 2.14. The number of benzene rings is 2. The predicted molar refractivity (Wildman–Crippen MR) is 97.3 cm³/mol. The Balaban J connectivity index is 1.69.